The van der Waals surface area contributed by atoms with Crippen LogP contribution in [0, 0.1) is 5.92 Å². The summed E-state index contributed by atoms with van der Waals surface area (Å²) in [5.74, 6) is 0.951. The van der Waals surface area contributed by atoms with E-state index in [1.54, 1.807) is 19.2 Å². The average molecular weight is 295 g/mol. The van der Waals surface area contributed by atoms with Crippen molar-refractivity contribution in [3.8, 4) is 0 Å². The lowest BCUT2D eigenvalue weighted by molar-refractivity contribution is 0.0957. The van der Waals surface area contributed by atoms with E-state index in [9.17, 15) is 4.79 Å². The highest BCUT2D eigenvalue weighted by atomic mass is 32.1. The molecular weight excluding hydrogens is 274 g/mol. The second-order valence-electron chi connectivity index (χ2n) is 4.91. The monoisotopic (exact) mass is 295 g/mol. The number of rotatable bonds is 7. The molecule has 0 atom stereocenters. The van der Waals surface area contributed by atoms with E-state index in [4.69, 9.17) is 18.0 Å². The van der Waals surface area contributed by atoms with Crippen LogP contribution in [0.15, 0.2) is 12.1 Å². The number of anilines is 1. The van der Waals surface area contributed by atoms with Gasteiger partial charge in [-0.2, -0.15) is 0 Å². The molecule has 1 aromatic heterocycles. The minimum Gasteiger partial charge on any atom is -0.393 e. The fourth-order valence-electron chi connectivity index (χ4n) is 1.73. The van der Waals surface area contributed by atoms with E-state index >= 15 is 0 Å². The highest BCUT2D eigenvalue weighted by Gasteiger charge is 2.12. The Balaban J connectivity index is 2.84. The van der Waals surface area contributed by atoms with Crippen LogP contribution in [0.25, 0.3) is 0 Å². The molecule has 1 rings (SSSR count). The maximum Gasteiger partial charge on any atom is 0.271 e. The topological polar surface area (TPSA) is 84.1 Å². The summed E-state index contributed by atoms with van der Waals surface area (Å²) in [5.41, 5.74) is 5.85. The minimum atomic E-state index is -0.248. The molecule has 0 aliphatic carbocycles. The molecule has 0 spiro atoms. The number of amides is 1. The van der Waals surface area contributed by atoms with E-state index in [-0.39, 0.29) is 5.91 Å². The average Bonchev–Trinajstić information content (AvgIpc) is 2.42. The molecule has 0 saturated heterocycles. The molecule has 0 saturated carbocycles. The van der Waals surface area contributed by atoms with Gasteiger partial charge in [0.1, 0.15) is 0 Å². The van der Waals surface area contributed by atoms with Crippen molar-refractivity contribution in [2.75, 3.05) is 25.0 Å². The molecule has 7 heteroatoms. The number of nitrogens with zero attached hydrogens (tertiary/aromatic N) is 3. The first-order chi connectivity index (χ1) is 9.43. The van der Waals surface area contributed by atoms with E-state index in [0.717, 1.165) is 12.4 Å². The van der Waals surface area contributed by atoms with E-state index in [0.29, 0.717) is 29.6 Å². The zero-order chi connectivity index (χ0) is 15.1. The molecule has 6 nitrogen and oxygen atoms in total. The number of aromatic nitrogens is 2. The summed E-state index contributed by atoms with van der Waals surface area (Å²) in [6, 6.07) is 3.45. The first-order valence-corrected chi connectivity index (χ1v) is 6.94. The Bertz CT molecular complexity index is 460. The highest BCUT2D eigenvalue weighted by Crippen LogP contribution is 2.12. The molecule has 0 radical (unpaired) electrons. The molecule has 0 unspecified atom stereocenters. The lowest BCUT2D eigenvalue weighted by atomic mass is 10.2. The SMILES string of the molecule is CNC(=O)c1ccc(N(CCC(N)=S)CC(C)C)nn1. The molecule has 0 aliphatic rings. The molecule has 0 bridgehead atoms. The van der Waals surface area contributed by atoms with Gasteiger partial charge in [0, 0.05) is 26.6 Å². The lowest BCUT2D eigenvalue weighted by Gasteiger charge is -2.25. The number of carbonyl (C=O) groups excluding carboxylic acids is 1. The van der Waals surface area contributed by atoms with Crippen LogP contribution >= 0.6 is 12.2 Å². The van der Waals surface area contributed by atoms with Gasteiger partial charge >= 0.3 is 0 Å². The van der Waals surface area contributed by atoms with Crippen LogP contribution in [0.1, 0.15) is 30.8 Å². The molecule has 3 N–H and O–H groups in total. The molecule has 20 heavy (non-hydrogen) atoms. The molecular formula is C13H21N5OS. The van der Waals surface area contributed by atoms with Crippen LogP contribution in [0.3, 0.4) is 0 Å². The summed E-state index contributed by atoms with van der Waals surface area (Å²) in [6.07, 6.45) is 0.626. The molecule has 0 aromatic carbocycles. The fraction of sp³-hybridized carbons (Fsp3) is 0.538. The molecule has 110 valence electrons. The fourth-order valence-corrected chi connectivity index (χ4v) is 1.82. The zero-order valence-corrected chi connectivity index (χ0v) is 12.9. The number of carbonyl (C=O) groups is 1. The maximum atomic E-state index is 11.4. The van der Waals surface area contributed by atoms with Crippen LogP contribution in [-0.2, 0) is 0 Å². The second kappa shape index (κ2) is 7.74. The van der Waals surface area contributed by atoms with E-state index < -0.39 is 0 Å². The van der Waals surface area contributed by atoms with Crippen molar-refractivity contribution in [3.05, 3.63) is 17.8 Å². The van der Waals surface area contributed by atoms with Gasteiger partial charge in [0.15, 0.2) is 11.5 Å². The van der Waals surface area contributed by atoms with Crippen molar-refractivity contribution in [2.24, 2.45) is 11.7 Å². The van der Waals surface area contributed by atoms with Crippen molar-refractivity contribution in [3.63, 3.8) is 0 Å². The van der Waals surface area contributed by atoms with Crippen molar-refractivity contribution >= 4 is 28.9 Å². The van der Waals surface area contributed by atoms with Gasteiger partial charge in [-0.15, -0.1) is 10.2 Å². The quantitative estimate of drug-likeness (QED) is 0.729. The summed E-state index contributed by atoms with van der Waals surface area (Å²) in [5, 5.41) is 10.6. The number of nitrogens with two attached hydrogens (primary N) is 1. The van der Waals surface area contributed by atoms with Gasteiger partial charge in [0.25, 0.3) is 5.91 Å². The zero-order valence-electron chi connectivity index (χ0n) is 12.1. The second-order valence-corrected chi connectivity index (χ2v) is 5.44. The number of hydrogen-bond acceptors (Lipinski definition) is 5. The van der Waals surface area contributed by atoms with Crippen molar-refractivity contribution in [1.82, 2.24) is 15.5 Å². The molecule has 1 heterocycles. The van der Waals surface area contributed by atoms with Gasteiger partial charge in [-0.25, -0.2) is 0 Å². The Kier molecular flexibility index (Phi) is 6.30. The predicted octanol–water partition coefficient (Wildman–Crippen LogP) is 0.975. The standard InChI is InChI=1S/C13H21N5OS/c1-9(2)8-18(7-6-11(14)20)12-5-4-10(16-17-12)13(19)15-3/h4-5,9H,6-8H2,1-3H3,(H2,14,20)(H,15,19). The summed E-state index contributed by atoms with van der Waals surface area (Å²) in [6.45, 7) is 5.78. The first kappa shape index (κ1) is 16.3. The molecule has 1 aromatic rings. The minimum absolute atomic E-state index is 0.248. The van der Waals surface area contributed by atoms with Gasteiger partial charge < -0.3 is 16.0 Å². The van der Waals surface area contributed by atoms with Gasteiger partial charge in [-0.3, -0.25) is 4.79 Å². The normalized spacial score (nSPS) is 10.4. The number of thiocarbonyl (C=S) groups is 1. The molecule has 0 fully saturated rings. The first-order valence-electron chi connectivity index (χ1n) is 6.53. The van der Waals surface area contributed by atoms with Gasteiger partial charge in [-0.1, -0.05) is 26.1 Å². The maximum absolute atomic E-state index is 11.4. The Morgan fingerprint density at radius 1 is 1.45 bits per heavy atom. The van der Waals surface area contributed by atoms with Crippen LogP contribution in [0.4, 0.5) is 5.82 Å². The van der Waals surface area contributed by atoms with Gasteiger partial charge in [0.05, 0.1) is 4.99 Å². The summed E-state index contributed by atoms with van der Waals surface area (Å²) in [4.78, 5) is 14.0. The summed E-state index contributed by atoms with van der Waals surface area (Å²) >= 11 is 4.91. The third-order valence-electron chi connectivity index (χ3n) is 2.65. The third-order valence-corrected chi connectivity index (χ3v) is 2.85. The van der Waals surface area contributed by atoms with Crippen LogP contribution in [0.5, 0.6) is 0 Å². The predicted molar refractivity (Wildman–Crippen MR) is 83.9 cm³/mol. The lowest BCUT2D eigenvalue weighted by Crippen LogP contribution is -2.32. The van der Waals surface area contributed by atoms with Crippen LogP contribution in [-0.4, -0.2) is 41.2 Å². The van der Waals surface area contributed by atoms with Crippen molar-refractivity contribution in [2.45, 2.75) is 20.3 Å². The number of nitrogens with one attached hydrogen (secondary N) is 1. The molecule has 1 amide bonds. The van der Waals surface area contributed by atoms with Crippen LogP contribution in [0.2, 0.25) is 0 Å². The molecule has 0 aliphatic heterocycles. The third kappa shape index (κ3) is 5.08. The van der Waals surface area contributed by atoms with E-state index in [1.165, 1.54) is 0 Å². The highest BCUT2D eigenvalue weighted by molar-refractivity contribution is 7.80. The number of hydrogen-bond donors (Lipinski definition) is 2. The Labute approximate surface area is 124 Å². The van der Waals surface area contributed by atoms with E-state index in [2.05, 4.69) is 34.3 Å². The Morgan fingerprint density at radius 3 is 2.60 bits per heavy atom. The van der Waals surface area contributed by atoms with Crippen molar-refractivity contribution < 1.29 is 4.79 Å². The van der Waals surface area contributed by atoms with E-state index in [1.807, 2.05) is 0 Å². The summed E-state index contributed by atoms with van der Waals surface area (Å²) in [7, 11) is 1.56. The smallest absolute Gasteiger partial charge is 0.271 e. The van der Waals surface area contributed by atoms with Crippen LogP contribution < -0.4 is 16.0 Å². The Hall–Kier alpha value is -1.76. The largest absolute Gasteiger partial charge is 0.393 e. The van der Waals surface area contributed by atoms with Crippen molar-refractivity contribution in [1.29, 1.82) is 0 Å². The summed E-state index contributed by atoms with van der Waals surface area (Å²) < 4.78 is 0. The Morgan fingerprint density at radius 2 is 2.15 bits per heavy atom. The van der Waals surface area contributed by atoms with Gasteiger partial charge in [-0.05, 0) is 18.1 Å². The van der Waals surface area contributed by atoms with Gasteiger partial charge in [0.2, 0.25) is 0 Å².